The van der Waals surface area contributed by atoms with Gasteiger partial charge in [0, 0.05) is 10.2 Å². The molecule has 0 aliphatic carbocycles. The van der Waals surface area contributed by atoms with Gasteiger partial charge in [-0.25, -0.2) is 4.98 Å². The van der Waals surface area contributed by atoms with Crippen molar-refractivity contribution in [3.63, 3.8) is 0 Å². The van der Waals surface area contributed by atoms with E-state index in [9.17, 15) is 4.79 Å². The smallest absolute Gasteiger partial charge is 0.267 e. The highest BCUT2D eigenvalue weighted by Crippen LogP contribution is 2.26. The normalized spacial score (nSPS) is 10.4. The number of hydrogen-bond donors (Lipinski definition) is 2. The molecule has 0 spiro atoms. The SMILES string of the molecule is CCc1cc(Br)ccc1Nc1nc[nH]c(=O)c1Br. The van der Waals surface area contributed by atoms with Crippen LogP contribution in [0.15, 0.2) is 38.3 Å². The van der Waals surface area contributed by atoms with E-state index in [4.69, 9.17) is 0 Å². The molecule has 0 bridgehead atoms. The minimum absolute atomic E-state index is 0.206. The van der Waals surface area contributed by atoms with Crippen molar-refractivity contribution in [3.05, 3.63) is 49.4 Å². The molecule has 6 heteroatoms. The predicted octanol–water partition coefficient (Wildman–Crippen LogP) is 3.60. The molecule has 0 aliphatic heterocycles. The maximum atomic E-state index is 11.4. The molecule has 2 aromatic rings. The summed E-state index contributed by atoms with van der Waals surface area (Å²) in [5, 5.41) is 3.16. The Hall–Kier alpha value is -1.14. The summed E-state index contributed by atoms with van der Waals surface area (Å²) in [7, 11) is 0. The van der Waals surface area contributed by atoms with E-state index < -0.39 is 0 Å². The lowest BCUT2D eigenvalue weighted by molar-refractivity contribution is 1.09. The number of benzene rings is 1. The monoisotopic (exact) mass is 371 g/mol. The minimum Gasteiger partial charge on any atom is -0.339 e. The quantitative estimate of drug-likeness (QED) is 0.865. The largest absolute Gasteiger partial charge is 0.339 e. The molecular weight excluding hydrogens is 362 g/mol. The third kappa shape index (κ3) is 2.81. The zero-order chi connectivity index (χ0) is 13.1. The van der Waals surface area contributed by atoms with Crippen molar-refractivity contribution in [3.8, 4) is 0 Å². The number of halogens is 2. The molecule has 0 amide bonds. The van der Waals surface area contributed by atoms with E-state index >= 15 is 0 Å². The van der Waals surface area contributed by atoms with Crippen LogP contribution in [0.1, 0.15) is 12.5 Å². The number of rotatable bonds is 3. The first kappa shape index (κ1) is 13.3. The predicted molar refractivity (Wildman–Crippen MR) is 79.4 cm³/mol. The summed E-state index contributed by atoms with van der Waals surface area (Å²) in [6, 6.07) is 5.95. The molecule has 1 aromatic heterocycles. The molecule has 4 nitrogen and oxygen atoms in total. The fraction of sp³-hybridized carbons (Fsp3) is 0.167. The van der Waals surface area contributed by atoms with Gasteiger partial charge in [-0.15, -0.1) is 0 Å². The van der Waals surface area contributed by atoms with E-state index in [0.717, 1.165) is 22.1 Å². The van der Waals surface area contributed by atoms with E-state index in [-0.39, 0.29) is 5.56 Å². The number of hydrogen-bond acceptors (Lipinski definition) is 3. The highest BCUT2D eigenvalue weighted by molar-refractivity contribution is 9.10. The van der Waals surface area contributed by atoms with Gasteiger partial charge in [0.2, 0.25) is 0 Å². The van der Waals surface area contributed by atoms with E-state index in [2.05, 4.69) is 54.1 Å². The van der Waals surface area contributed by atoms with Gasteiger partial charge in [-0.3, -0.25) is 4.79 Å². The second-order valence-electron chi connectivity index (χ2n) is 3.67. The van der Waals surface area contributed by atoms with Crippen LogP contribution in [0.3, 0.4) is 0 Å². The number of anilines is 2. The Bertz CT molecular complexity index is 625. The average molecular weight is 373 g/mol. The Morgan fingerprint density at radius 1 is 1.39 bits per heavy atom. The van der Waals surface area contributed by atoms with Crippen LogP contribution in [0.5, 0.6) is 0 Å². The molecule has 0 unspecified atom stereocenters. The molecule has 2 rings (SSSR count). The lowest BCUT2D eigenvalue weighted by atomic mass is 10.1. The maximum absolute atomic E-state index is 11.4. The molecule has 0 aliphatic rings. The summed E-state index contributed by atoms with van der Waals surface area (Å²) >= 11 is 6.66. The first-order valence-corrected chi connectivity index (χ1v) is 6.99. The lowest BCUT2D eigenvalue weighted by Gasteiger charge is -2.11. The van der Waals surface area contributed by atoms with Crippen molar-refractivity contribution in [2.45, 2.75) is 13.3 Å². The van der Waals surface area contributed by atoms with Gasteiger partial charge in [-0.2, -0.15) is 0 Å². The highest BCUT2D eigenvalue weighted by atomic mass is 79.9. The van der Waals surface area contributed by atoms with Crippen LogP contribution in [-0.4, -0.2) is 9.97 Å². The Morgan fingerprint density at radius 3 is 2.89 bits per heavy atom. The van der Waals surface area contributed by atoms with Crippen LogP contribution < -0.4 is 10.9 Å². The Morgan fingerprint density at radius 2 is 2.17 bits per heavy atom. The van der Waals surface area contributed by atoms with E-state index in [1.807, 2.05) is 18.2 Å². The zero-order valence-corrected chi connectivity index (χ0v) is 12.8. The molecule has 1 aromatic carbocycles. The van der Waals surface area contributed by atoms with Crippen molar-refractivity contribution < 1.29 is 0 Å². The molecule has 0 radical (unpaired) electrons. The summed E-state index contributed by atoms with van der Waals surface area (Å²) in [5.74, 6) is 0.510. The first-order chi connectivity index (χ1) is 8.61. The number of H-pyrrole nitrogens is 1. The minimum atomic E-state index is -0.206. The topological polar surface area (TPSA) is 57.8 Å². The number of nitrogens with zero attached hydrogens (tertiary/aromatic N) is 1. The Kier molecular flexibility index (Phi) is 4.19. The van der Waals surface area contributed by atoms with E-state index in [1.54, 1.807) is 0 Å². The van der Waals surface area contributed by atoms with Crippen LogP contribution in [0.25, 0.3) is 0 Å². The van der Waals surface area contributed by atoms with Crippen molar-refractivity contribution in [1.82, 2.24) is 9.97 Å². The molecule has 0 saturated carbocycles. The van der Waals surface area contributed by atoms with Gasteiger partial charge < -0.3 is 10.3 Å². The van der Waals surface area contributed by atoms with Crippen molar-refractivity contribution >= 4 is 43.4 Å². The third-order valence-corrected chi connectivity index (χ3v) is 3.73. The van der Waals surface area contributed by atoms with Crippen LogP contribution in [0.2, 0.25) is 0 Å². The molecule has 0 fully saturated rings. The van der Waals surface area contributed by atoms with Gasteiger partial charge in [-0.05, 0) is 46.1 Å². The summed E-state index contributed by atoms with van der Waals surface area (Å²) in [5.41, 5.74) is 1.89. The molecule has 0 atom stereocenters. The second-order valence-corrected chi connectivity index (χ2v) is 5.38. The van der Waals surface area contributed by atoms with Crippen LogP contribution in [0, 0.1) is 0 Å². The van der Waals surface area contributed by atoms with Crippen LogP contribution >= 0.6 is 31.9 Å². The first-order valence-electron chi connectivity index (χ1n) is 5.40. The average Bonchev–Trinajstić information content (AvgIpc) is 2.37. The Balaban J connectivity index is 2.40. The fourth-order valence-electron chi connectivity index (χ4n) is 1.57. The van der Waals surface area contributed by atoms with Crippen molar-refractivity contribution in [2.75, 3.05) is 5.32 Å². The number of aromatic amines is 1. The zero-order valence-electron chi connectivity index (χ0n) is 9.63. The van der Waals surface area contributed by atoms with Gasteiger partial charge in [0.1, 0.15) is 4.47 Å². The fourth-order valence-corrected chi connectivity index (χ4v) is 2.30. The molecule has 94 valence electrons. The van der Waals surface area contributed by atoms with Crippen molar-refractivity contribution in [1.29, 1.82) is 0 Å². The summed E-state index contributed by atoms with van der Waals surface area (Å²) < 4.78 is 1.43. The highest BCUT2D eigenvalue weighted by Gasteiger charge is 2.08. The molecular formula is C12H11Br2N3O. The lowest BCUT2D eigenvalue weighted by Crippen LogP contribution is -2.10. The summed E-state index contributed by atoms with van der Waals surface area (Å²) in [4.78, 5) is 18.1. The number of nitrogens with one attached hydrogen (secondary N) is 2. The van der Waals surface area contributed by atoms with Crippen LogP contribution in [-0.2, 0) is 6.42 Å². The summed E-state index contributed by atoms with van der Waals surface area (Å²) in [6.45, 7) is 2.08. The molecule has 0 saturated heterocycles. The van der Waals surface area contributed by atoms with Gasteiger partial charge in [0.25, 0.3) is 5.56 Å². The van der Waals surface area contributed by atoms with Crippen molar-refractivity contribution in [2.24, 2.45) is 0 Å². The number of aryl methyl sites for hydroxylation is 1. The molecule has 2 N–H and O–H groups in total. The molecule has 18 heavy (non-hydrogen) atoms. The maximum Gasteiger partial charge on any atom is 0.267 e. The number of aromatic nitrogens is 2. The van der Waals surface area contributed by atoms with E-state index in [1.165, 1.54) is 6.33 Å². The summed E-state index contributed by atoms with van der Waals surface area (Å²) in [6.07, 6.45) is 2.27. The third-order valence-electron chi connectivity index (χ3n) is 2.50. The van der Waals surface area contributed by atoms with Gasteiger partial charge in [0.15, 0.2) is 5.82 Å². The van der Waals surface area contributed by atoms with Crippen LogP contribution in [0.4, 0.5) is 11.5 Å². The molecule has 1 heterocycles. The second kappa shape index (κ2) is 5.67. The van der Waals surface area contributed by atoms with E-state index in [0.29, 0.717) is 10.3 Å². The standard InChI is InChI=1S/C12H11Br2N3O/c1-2-7-5-8(13)3-4-9(7)17-11-10(14)12(18)16-6-15-11/h3-6H,2H2,1H3,(H2,15,16,17,18). The van der Waals surface area contributed by atoms with Gasteiger partial charge in [0.05, 0.1) is 6.33 Å². The van der Waals surface area contributed by atoms with Gasteiger partial charge in [-0.1, -0.05) is 22.9 Å². The Labute approximate surface area is 121 Å². The van der Waals surface area contributed by atoms with Gasteiger partial charge >= 0.3 is 0 Å².